The fraction of sp³-hybridized carbons (Fsp3) is 0.270. The van der Waals surface area contributed by atoms with E-state index in [9.17, 15) is 19.2 Å². The number of aromatic nitrogens is 1. The summed E-state index contributed by atoms with van der Waals surface area (Å²) in [5.41, 5.74) is 4.74. The predicted octanol–water partition coefficient (Wildman–Crippen LogP) is 6.31. The number of amides is 3. The van der Waals surface area contributed by atoms with Gasteiger partial charge in [0.25, 0.3) is 11.8 Å². The maximum Gasteiger partial charge on any atom is 0.333 e. The summed E-state index contributed by atoms with van der Waals surface area (Å²) >= 11 is 0. The van der Waals surface area contributed by atoms with Crippen LogP contribution >= 0.6 is 0 Å². The van der Waals surface area contributed by atoms with Crippen LogP contribution in [0.15, 0.2) is 83.3 Å². The van der Waals surface area contributed by atoms with E-state index in [0.717, 1.165) is 46.5 Å². The second kappa shape index (κ2) is 14.9. The Morgan fingerprint density at radius 1 is 0.878 bits per heavy atom. The van der Waals surface area contributed by atoms with Gasteiger partial charge in [-0.25, -0.2) is 9.78 Å². The van der Waals surface area contributed by atoms with Gasteiger partial charge in [-0.3, -0.25) is 14.4 Å². The van der Waals surface area contributed by atoms with Gasteiger partial charge < -0.3 is 29.5 Å². The van der Waals surface area contributed by atoms with Crippen molar-refractivity contribution in [3.05, 3.63) is 78.9 Å². The number of benzene rings is 4. The van der Waals surface area contributed by atoms with Crippen molar-refractivity contribution < 1.29 is 33.2 Å². The van der Waals surface area contributed by atoms with Gasteiger partial charge in [0.15, 0.2) is 5.58 Å². The van der Waals surface area contributed by atoms with E-state index in [1.165, 1.54) is 0 Å². The highest BCUT2D eigenvalue weighted by atomic mass is 16.7. The van der Waals surface area contributed by atoms with Gasteiger partial charge in [-0.15, -0.1) is 5.06 Å². The summed E-state index contributed by atoms with van der Waals surface area (Å²) in [6, 6.07) is 25.0. The number of nitrogens with one attached hydrogen (secondary N) is 2. The fourth-order valence-electron chi connectivity index (χ4n) is 5.55. The van der Waals surface area contributed by atoms with Crippen LogP contribution in [0.1, 0.15) is 39.5 Å². The zero-order valence-electron chi connectivity index (χ0n) is 27.4. The number of ether oxygens (including phenoxy) is 1. The van der Waals surface area contributed by atoms with Crippen LogP contribution in [0.3, 0.4) is 0 Å². The number of rotatable bonds is 14. The highest BCUT2D eigenvalue weighted by molar-refractivity contribution is 6.01. The lowest BCUT2D eigenvalue weighted by molar-refractivity contribution is -0.197. The second-order valence-electron chi connectivity index (χ2n) is 11.5. The van der Waals surface area contributed by atoms with Gasteiger partial charge in [0, 0.05) is 54.6 Å². The number of imide groups is 1. The number of carbonyl (C=O) groups is 4. The van der Waals surface area contributed by atoms with Gasteiger partial charge in [-0.2, -0.15) is 0 Å². The van der Waals surface area contributed by atoms with Gasteiger partial charge in [0.1, 0.15) is 11.3 Å². The number of fused-ring (bicyclic) bond motifs is 2. The molecule has 2 N–H and O–H groups in total. The van der Waals surface area contributed by atoms with Crippen LogP contribution in [-0.4, -0.2) is 60.0 Å². The number of hydroxylamine groups is 2. The summed E-state index contributed by atoms with van der Waals surface area (Å²) in [6.07, 6.45) is 0.440. The quantitative estimate of drug-likeness (QED) is 0.102. The van der Waals surface area contributed by atoms with Gasteiger partial charge in [0.2, 0.25) is 11.8 Å². The van der Waals surface area contributed by atoms with Crippen LogP contribution in [0.25, 0.3) is 33.3 Å². The molecule has 5 aromatic rings. The van der Waals surface area contributed by atoms with Gasteiger partial charge >= 0.3 is 5.97 Å². The molecule has 6 rings (SSSR count). The molecule has 3 amide bonds. The molecule has 0 unspecified atom stereocenters. The standard InChI is InChI=1S/C37H37N5O7/c1-3-41(4-2)29-13-11-27(12-14-29)39-33(43)23-38-28-10-9-24-20-26(8-7-25(24)21-28)37-40-31-22-30(15-16-32(31)48-37)47-19-5-6-36(46)49-42-34(44)17-18-35(42)45/h7-16,20-22,38H,3-6,17-19,23H2,1-2H3,(H,39,43). The fourth-order valence-corrected chi connectivity index (χ4v) is 5.55. The summed E-state index contributed by atoms with van der Waals surface area (Å²) < 4.78 is 11.8. The molecule has 0 bridgehead atoms. The molecule has 0 atom stereocenters. The van der Waals surface area contributed by atoms with E-state index in [-0.39, 0.29) is 38.3 Å². The normalized spacial score (nSPS) is 12.8. The van der Waals surface area contributed by atoms with Crippen LogP contribution in [0.2, 0.25) is 0 Å². The molecule has 1 aliphatic heterocycles. The van der Waals surface area contributed by atoms with E-state index in [0.29, 0.717) is 34.2 Å². The Morgan fingerprint density at radius 3 is 2.35 bits per heavy atom. The Labute approximate surface area is 282 Å². The van der Waals surface area contributed by atoms with E-state index in [2.05, 4.69) is 34.4 Å². The van der Waals surface area contributed by atoms with Crippen LogP contribution in [0.5, 0.6) is 5.75 Å². The van der Waals surface area contributed by atoms with Crippen molar-refractivity contribution in [2.45, 2.75) is 39.5 Å². The first-order valence-corrected chi connectivity index (χ1v) is 16.3. The zero-order chi connectivity index (χ0) is 34.3. The Balaban J connectivity index is 1.01. The first-order valence-electron chi connectivity index (χ1n) is 16.3. The number of hydrogen-bond donors (Lipinski definition) is 2. The minimum Gasteiger partial charge on any atom is -0.493 e. The van der Waals surface area contributed by atoms with E-state index in [1.807, 2.05) is 60.7 Å². The number of anilines is 3. The van der Waals surface area contributed by atoms with Crippen molar-refractivity contribution in [1.82, 2.24) is 10.0 Å². The smallest absolute Gasteiger partial charge is 0.333 e. The third-order valence-electron chi connectivity index (χ3n) is 8.17. The zero-order valence-corrected chi connectivity index (χ0v) is 27.4. The first-order chi connectivity index (χ1) is 23.8. The molecule has 12 heteroatoms. The maximum atomic E-state index is 12.6. The minimum absolute atomic E-state index is 0.00517. The van der Waals surface area contributed by atoms with Crippen LogP contribution in [0, 0.1) is 0 Å². The Morgan fingerprint density at radius 2 is 1.59 bits per heavy atom. The van der Waals surface area contributed by atoms with Crippen molar-refractivity contribution in [2.75, 3.05) is 41.8 Å². The molecule has 2 heterocycles. The maximum absolute atomic E-state index is 12.6. The molecule has 1 aromatic heterocycles. The number of hydrogen-bond acceptors (Lipinski definition) is 10. The molecule has 0 saturated carbocycles. The molecule has 12 nitrogen and oxygen atoms in total. The molecule has 1 aliphatic rings. The van der Waals surface area contributed by atoms with Gasteiger partial charge in [0.05, 0.1) is 19.6 Å². The lowest BCUT2D eigenvalue weighted by Gasteiger charge is -2.21. The van der Waals surface area contributed by atoms with E-state index < -0.39 is 17.8 Å². The minimum atomic E-state index is -0.664. The molecule has 252 valence electrons. The summed E-state index contributed by atoms with van der Waals surface area (Å²) in [6.45, 7) is 6.45. The molecule has 1 fully saturated rings. The molecule has 1 saturated heterocycles. The monoisotopic (exact) mass is 663 g/mol. The third kappa shape index (κ3) is 7.98. The van der Waals surface area contributed by atoms with Crippen molar-refractivity contribution in [2.24, 2.45) is 0 Å². The number of nitrogens with zero attached hydrogens (tertiary/aromatic N) is 3. The molecule has 4 aromatic carbocycles. The summed E-state index contributed by atoms with van der Waals surface area (Å²) in [5.74, 6) is -0.787. The second-order valence-corrected chi connectivity index (χ2v) is 11.5. The lowest BCUT2D eigenvalue weighted by Crippen LogP contribution is -2.32. The Hall–Kier alpha value is -5.91. The van der Waals surface area contributed by atoms with E-state index >= 15 is 0 Å². The largest absolute Gasteiger partial charge is 0.493 e. The molecule has 0 aliphatic carbocycles. The Bertz CT molecular complexity index is 1990. The van der Waals surface area contributed by atoms with Gasteiger partial charge in [-0.1, -0.05) is 12.1 Å². The summed E-state index contributed by atoms with van der Waals surface area (Å²) in [5, 5.41) is 8.67. The van der Waals surface area contributed by atoms with Crippen molar-refractivity contribution in [3.8, 4) is 17.2 Å². The highest BCUT2D eigenvalue weighted by Crippen LogP contribution is 2.30. The van der Waals surface area contributed by atoms with Gasteiger partial charge in [-0.05, 0) is 91.7 Å². The molecule has 0 spiro atoms. The average Bonchev–Trinajstić information content (AvgIpc) is 3.68. The summed E-state index contributed by atoms with van der Waals surface area (Å²) in [4.78, 5) is 59.5. The highest BCUT2D eigenvalue weighted by Gasteiger charge is 2.32. The topological polar surface area (TPSA) is 143 Å². The van der Waals surface area contributed by atoms with Crippen LogP contribution < -0.4 is 20.3 Å². The number of carbonyl (C=O) groups excluding carboxylic acids is 4. The average molecular weight is 664 g/mol. The third-order valence-corrected chi connectivity index (χ3v) is 8.17. The predicted molar refractivity (Wildman–Crippen MR) is 186 cm³/mol. The number of oxazole rings is 1. The van der Waals surface area contributed by atoms with Crippen molar-refractivity contribution >= 4 is 62.6 Å². The van der Waals surface area contributed by atoms with Crippen molar-refractivity contribution in [3.63, 3.8) is 0 Å². The lowest BCUT2D eigenvalue weighted by atomic mass is 10.1. The van der Waals surface area contributed by atoms with Crippen LogP contribution in [-0.2, 0) is 24.0 Å². The first kappa shape index (κ1) is 33.0. The van der Waals surface area contributed by atoms with Crippen LogP contribution in [0.4, 0.5) is 17.1 Å². The van der Waals surface area contributed by atoms with E-state index in [4.69, 9.17) is 14.0 Å². The SMILES string of the molecule is CCN(CC)c1ccc(NC(=O)CNc2ccc3cc(-c4nc5cc(OCCCC(=O)ON6C(=O)CCC6=O)ccc5o4)ccc3c2)cc1. The molecular formula is C37H37N5O7. The molecule has 0 radical (unpaired) electrons. The Kier molecular flexibility index (Phi) is 10.0. The van der Waals surface area contributed by atoms with Crippen molar-refractivity contribution in [1.29, 1.82) is 0 Å². The van der Waals surface area contributed by atoms with E-state index in [1.54, 1.807) is 18.2 Å². The summed E-state index contributed by atoms with van der Waals surface area (Å²) in [7, 11) is 0. The molecular weight excluding hydrogens is 626 g/mol. The molecule has 49 heavy (non-hydrogen) atoms.